The van der Waals surface area contributed by atoms with Crippen LogP contribution in [0, 0.1) is 20.0 Å². The van der Waals surface area contributed by atoms with Gasteiger partial charge >= 0.3 is 33.9 Å². The summed E-state index contributed by atoms with van der Waals surface area (Å²) in [6, 6.07) is 6.49. The summed E-state index contributed by atoms with van der Waals surface area (Å²) in [5, 5.41) is 9.06. The Balaban J connectivity index is -0.000000106. The Morgan fingerprint density at radius 3 is 1.65 bits per heavy atom. The van der Waals surface area contributed by atoms with Gasteiger partial charge in [-0.2, -0.15) is 0 Å². The number of hydrogen-bond acceptors (Lipinski definition) is 2. The van der Waals surface area contributed by atoms with Crippen molar-refractivity contribution in [1.29, 1.82) is 0 Å². The Kier molecular flexibility index (Phi) is 28.8. The van der Waals surface area contributed by atoms with E-state index in [1.807, 2.05) is 0 Å². The minimum absolute atomic E-state index is 0. The quantitative estimate of drug-likeness (QED) is 0.476. The van der Waals surface area contributed by atoms with Crippen LogP contribution >= 0.6 is 0 Å². The Bertz CT molecular complexity index is 353. The third-order valence-corrected chi connectivity index (χ3v) is 1.28. The normalized spacial score (nSPS) is 5.82. The van der Waals surface area contributed by atoms with Gasteiger partial charge in [-0.1, -0.05) is 12.1 Å². The molecule has 88 valence electrons. The second kappa shape index (κ2) is 19.9. The van der Waals surface area contributed by atoms with Gasteiger partial charge < -0.3 is 5.11 Å². The molecule has 0 atom stereocenters. The zero-order chi connectivity index (χ0) is 13.6. The molecule has 0 saturated carbocycles. The van der Waals surface area contributed by atoms with Crippen molar-refractivity contribution in [2.24, 2.45) is 0 Å². The third-order valence-electron chi connectivity index (χ3n) is 1.28. The summed E-state index contributed by atoms with van der Waals surface area (Å²) < 4.78 is 22.5. The first-order valence-electron chi connectivity index (χ1n) is 3.62. The standard InChI is InChI=1S/C8H8O2.3CO.Cr/c1-6(9)7-4-2-3-5-8(7)10;3*1-2;/h2-5,10H,1H3;;;;. The van der Waals surface area contributed by atoms with E-state index in [0.717, 1.165) is 0 Å². The number of ketones is 1. The fourth-order valence-corrected chi connectivity index (χ4v) is 0.771. The van der Waals surface area contributed by atoms with E-state index in [0.29, 0.717) is 5.56 Å². The molecule has 0 aliphatic carbocycles. The van der Waals surface area contributed by atoms with E-state index in [-0.39, 0.29) is 28.9 Å². The van der Waals surface area contributed by atoms with Crippen LogP contribution in [0.4, 0.5) is 0 Å². The maximum absolute atomic E-state index is 10.7. The topological polar surface area (TPSA) is 97.0 Å². The van der Waals surface area contributed by atoms with Crippen molar-refractivity contribution in [3.8, 4) is 5.75 Å². The third kappa shape index (κ3) is 12.4. The number of aromatic hydroxyl groups is 1. The number of carbonyl (C=O) groups is 1. The Morgan fingerprint density at radius 1 is 1.06 bits per heavy atom. The fraction of sp³-hybridized carbons (Fsp3) is 0.0909. The first kappa shape index (κ1) is 24.6. The van der Waals surface area contributed by atoms with Crippen LogP contribution in [-0.4, -0.2) is 10.9 Å². The molecule has 0 fully saturated rings. The van der Waals surface area contributed by atoms with E-state index in [2.05, 4.69) is 20.0 Å². The van der Waals surface area contributed by atoms with Gasteiger partial charge in [-0.15, -0.1) is 0 Å². The smallest absolute Gasteiger partial charge is 0 e. The molecule has 0 aliphatic heterocycles. The number of hydrogen-bond donors (Lipinski definition) is 1. The molecule has 0 saturated heterocycles. The number of Topliss-reactive ketones (excluding diaryl/α,β-unsaturated/α-hetero) is 1. The van der Waals surface area contributed by atoms with E-state index < -0.39 is 0 Å². The van der Waals surface area contributed by atoms with Crippen molar-refractivity contribution in [2.75, 3.05) is 0 Å². The summed E-state index contributed by atoms with van der Waals surface area (Å²) >= 11 is 0. The van der Waals surface area contributed by atoms with Crippen molar-refractivity contribution >= 4 is 5.78 Å². The molecule has 0 bridgehead atoms. The van der Waals surface area contributed by atoms with Crippen LogP contribution in [-0.2, 0) is 31.3 Å². The van der Waals surface area contributed by atoms with E-state index in [4.69, 9.17) is 19.1 Å². The predicted octanol–water partition coefficient (Wildman–Crippen LogP) is 1.48. The summed E-state index contributed by atoms with van der Waals surface area (Å²) in [6.45, 7) is 14.9. The summed E-state index contributed by atoms with van der Waals surface area (Å²) in [7, 11) is 0. The number of benzene rings is 1. The molecule has 0 aliphatic rings. The molecular weight excluding hydrogens is 264 g/mol. The number of rotatable bonds is 1. The number of carbonyl (C=O) groups excluding carboxylic acids is 1. The van der Waals surface area contributed by atoms with Gasteiger partial charge in [-0.05, 0) is 19.1 Å². The minimum Gasteiger partial charge on any atom is 0 e. The molecule has 6 heteroatoms. The Labute approximate surface area is 110 Å². The van der Waals surface area contributed by atoms with Crippen LogP contribution in [0.15, 0.2) is 24.3 Å². The molecule has 0 heterocycles. The zero-order valence-corrected chi connectivity index (χ0v) is 10.1. The molecule has 17 heavy (non-hydrogen) atoms. The second-order valence-corrected chi connectivity index (χ2v) is 2.07. The molecule has 0 unspecified atom stereocenters. The number of phenolic OH excluding ortho intramolecular Hbond substituents is 1. The van der Waals surface area contributed by atoms with Gasteiger partial charge in [0.2, 0.25) is 0 Å². The number of para-hydroxylation sites is 1. The van der Waals surface area contributed by atoms with Crippen molar-refractivity contribution in [2.45, 2.75) is 6.92 Å². The molecule has 0 radical (unpaired) electrons. The molecule has 5 nitrogen and oxygen atoms in total. The summed E-state index contributed by atoms with van der Waals surface area (Å²) in [5.74, 6) is -0.0619. The van der Waals surface area contributed by atoms with Gasteiger partial charge in [-0.25, -0.2) is 0 Å². The molecular formula is C11H8CrO5. The first-order valence-corrected chi connectivity index (χ1v) is 3.62. The predicted molar refractivity (Wildman–Crippen MR) is 49.9 cm³/mol. The first-order chi connectivity index (χ1) is 7.72. The monoisotopic (exact) mass is 272 g/mol. The van der Waals surface area contributed by atoms with Crippen LogP contribution in [0.2, 0.25) is 0 Å². The number of phenols is 1. The largest absolute Gasteiger partial charge is 0 e. The molecule has 1 aromatic rings. The van der Waals surface area contributed by atoms with Crippen molar-refractivity contribution in [3.05, 3.63) is 49.8 Å². The molecule has 0 aromatic heterocycles. The molecule has 1 rings (SSSR count). The fourth-order valence-electron chi connectivity index (χ4n) is 0.771. The summed E-state index contributed by atoms with van der Waals surface area (Å²) in [6.07, 6.45) is 0. The molecule has 0 amide bonds. The average Bonchev–Trinajstić information content (AvgIpc) is 2.37. The Morgan fingerprint density at radius 2 is 1.41 bits per heavy atom. The average molecular weight is 272 g/mol. The molecule has 1 aromatic carbocycles. The van der Waals surface area contributed by atoms with Gasteiger partial charge in [0.1, 0.15) is 5.75 Å². The van der Waals surface area contributed by atoms with Crippen LogP contribution in [0.1, 0.15) is 17.3 Å². The van der Waals surface area contributed by atoms with Crippen LogP contribution < -0.4 is 0 Å². The van der Waals surface area contributed by atoms with E-state index >= 15 is 0 Å². The van der Waals surface area contributed by atoms with E-state index in [9.17, 15) is 4.79 Å². The van der Waals surface area contributed by atoms with E-state index in [1.54, 1.807) is 18.2 Å². The van der Waals surface area contributed by atoms with Gasteiger partial charge in [0, 0.05) is 17.4 Å². The molecule has 0 spiro atoms. The summed E-state index contributed by atoms with van der Waals surface area (Å²) in [4.78, 5) is 10.7. The van der Waals surface area contributed by atoms with Crippen molar-refractivity contribution in [1.82, 2.24) is 0 Å². The van der Waals surface area contributed by atoms with Crippen molar-refractivity contribution in [3.63, 3.8) is 0 Å². The van der Waals surface area contributed by atoms with E-state index in [1.165, 1.54) is 13.0 Å². The van der Waals surface area contributed by atoms with Gasteiger partial charge in [-0.3, -0.25) is 4.79 Å². The molecule has 1 N–H and O–H groups in total. The summed E-state index contributed by atoms with van der Waals surface area (Å²) in [5.41, 5.74) is 0.377. The van der Waals surface area contributed by atoms with Gasteiger partial charge in [0.15, 0.2) is 5.78 Å². The minimum atomic E-state index is -0.113. The van der Waals surface area contributed by atoms with Crippen LogP contribution in [0.5, 0.6) is 5.75 Å². The SMILES string of the molecule is CC(=O)c1ccccc1O.[C-]#[O+].[C-]#[O+].[C-]#[O+].[Cr]. The van der Waals surface area contributed by atoms with Crippen molar-refractivity contribution < 1.29 is 41.2 Å². The maximum atomic E-state index is 10.7. The van der Waals surface area contributed by atoms with Gasteiger partial charge in [0.25, 0.3) is 0 Å². The van der Waals surface area contributed by atoms with Crippen LogP contribution in [0.3, 0.4) is 0 Å². The second-order valence-electron chi connectivity index (χ2n) is 2.07. The van der Waals surface area contributed by atoms with Crippen LogP contribution in [0.25, 0.3) is 0 Å². The van der Waals surface area contributed by atoms with Gasteiger partial charge in [0.05, 0.1) is 5.56 Å². The maximum Gasteiger partial charge on any atom is 0 e. The zero-order valence-electron chi connectivity index (χ0n) is 8.80. The Hall–Kier alpha value is -1.56.